The van der Waals surface area contributed by atoms with Crippen LogP contribution in [0.5, 0.6) is 11.5 Å². The summed E-state index contributed by atoms with van der Waals surface area (Å²) < 4.78 is 10.3. The van der Waals surface area contributed by atoms with E-state index in [2.05, 4.69) is 15.8 Å². The third kappa shape index (κ3) is 7.19. The molecule has 0 heterocycles. The molecule has 2 amide bonds. The number of hydrogen-bond donors (Lipinski definition) is 2. The van der Waals surface area contributed by atoms with Gasteiger partial charge in [0.25, 0.3) is 11.8 Å². The first kappa shape index (κ1) is 23.5. The van der Waals surface area contributed by atoms with Gasteiger partial charge in [0.05, 0.1) is 25.4 Å². The summed E-state index contributed by atoms with van der Waals surface area (Å²) in [7, 11) is 1.53. The molecule has 0 aliphatic heterocycles. The molecule has 0 aromatic heterocycles. The van der Waals surface area contributed by atoms with Gasteiger partial charge in [-0.25, -0.2) is 10.2 Å². The molecule has 0 bridgehead atoms. The van der Waals surface area contributed by atoms with Gasteiger partial charge in [-0.1, -0.05) is 17.7 Å². The van der Waals surface area contributed by atoms with Crippen molar-refractivity contribution in [1.82, 2.24) is 10.7 Å². The number of amides is 2. The third-order valence-corrected chi connectivity index (χ3v) is 4.55. The molecule has 9 heteroatoms. The van der Waals surface area contributed by atoms with Crippen LogP contribution in [0.4, 0.5) is 0 Å². The van der Waals surface area contributed by atoms with Crippen LogP contribution in [0.1, 0.15) is 26.3 Å². The first-order valence-corrected chi connectivity index (χ1v) is 10.1. The van der Waals surface area contributed by atoms with E-state index in [-0.39, 0.29) is 12.5 Å². The molecule has 3 aromatic rings. The van der Waals surface area contributed by atoms with Crippen LogP contribution in [0.2, 0.25) is 5.02 Å². The second kappa shape index (κ2) is 11.4. The van der Waals surface area contributed by atoms with E-state index >= 15 is 0 Å². The molecule has 33 heavy (non-hydrogen) atoms. The molecule has 0 saturated heterocycles. The van der Waals surface area contributed by atoms with Crippen LogP contribution in [-0.4, -0.2) is 37.7 Å². The Morgan fingerprint density at radius 3 is 2.30 bits per heavy atom. The molecule has 2 N–H and O–H groups in total. The SMILES string of the molecule is COc1ccc(C(=O)NCC(=O)N/N=C/c2ccc(OC(=O)c3cccc(Cl)c3)cc2)cc1. The zero-order valence-electron chi connectivity index (χ0n) is 17.6. The molecule has 0 saturated carbocycles. The Kier molecular flexibility index (Phi) is 8.15. The number of hydrogen-bond acceptors (Lipinski definition) is 6. The number of carbonyl (C=O) groups is 3. The molecular formula is C24H20ClN3O5. The predicted molar refractivity (Wildman–Crippen MR) is 124 cm³/mol. The third-order valence-electron chi connectivity index (χ3n) is 4.32. The minimum absolute atomic E-state index is 0.236. The quantitative estimate of drug-likeness (QED) is 0.229. The molecule has 0 fully saturated rings. The van der Waals surface area contributed by atoms with Crippen molar-refractivity contribution in [3.63, 3.8) is 0 Å². The molecule has 3 aromatic carbocycles. The molecule has 0 radical (unpaired) electrons. The van der Waals surface area contributed by atoms with Crippen LogP contribution in [-0.2, 0) is 4.79 Å². The Morgan fingerprint density at radius 2 is 1.64 bits per heavy atom. The predicted octanol–water partition coefficient (Wildman–Crippen LogP) is 3.45. The lowest BCUT2D eigenvalue weighted by Crippen LogP contribution is -2.34. The Balaban J connectivity index is 1.44. The molecule has 0 aliphatic rings. The highest BCUT2D eigenvalue weighted by Crippen LogP contribution is 2.16. The maximum Gasteiger partial charge on any atom is 0.343 e. The van der Waals surface area contributed by atoms with Crippen molar-refractivity contribution in [2.45, 2.75) is 0 Å². The van der Waals surface area contributed by atoms with Crippen molar-refractivity contribution in [1.29, 1.82) is 0 Å². The van der Waals surface area contributed by atoms with Crippen molar-refractivity contribution >= 4 is 35.6 Å². The number of nitrogens with one attached hydrogen (secondary N) is 2. The molecule has 0 spiro atoms. The van der Waals surface area contributed by atoms with E-state index in [0.29, 0.717) is 33.2 Å². The van der Waals surface area contributed by atoms with Crippen molar-refractivity contribution in [2.75, 3.05) is 13.7 Å². The molecule has 0 aliphatic carbocycles. The van der Waals surface area contributed by atoms with Crippen molar-refractivity contribution in [3.05, 3.63) is 94.5 Å². The Morgan fingerprint density at radius 1 is 0.939 bits per heavy atom. The zero-order chi connectivity index (χ0) is 23.6. The lowest BCUT2D eigenvalue weighted by molar-refractivity contribution is -0.120. The highest BCUT2D eigenvalue weighted by atomic mass is 35.5. The zero-order valence-corrected chi connectivity index (χ0v) is 18.3. The van der Waals surface area contributed by atoms with Crippen molar-refractivity contribution in [3.8, 4) is 11.5 Å². The van der Waals surface area contributed by atoms with Crippen LogP contribution in [0.15, 0.2) is 77.9 Å². The maximum absolute atomic E-state index is 12.1. The monoisotopic (exact) mass is 465 g/mol. The van der Waals surface area contributed by atoms with Gasteiger partial charge in [-0.05, 0) is 72.3 Å². The van der Waals surface area contributed by atoms with E-state index in [1.54, 1.807) is 66.7 Å². The number of nitrogens with zero attached hydrogens (tertiary/aromatic N) is 1. The standard InChI is InChI=1S/C24H20ClN3O5/c1-32-20-11-7-17(8-12-20)23(30)26-15-22(29)28-27-14-16-5-9-21(10-6-16)33-24(31)18-3-2-4-19(25)13-18/h2-14H,15H2,1H3,(H,26,30)(H,28,29)/b27-14+. The van der Waals surface area contributed by atoms with E-state index in [1.807, 2.05) is 0 Å². The Hall–Kier alpha value is -4.17. The number of ether oxygens (including phenoxy) is 2. The van der Waals surface area contributed by atoms with Crippen LogP contribution < -0.4 is 20.2 Å². The Bertz CT molecular complexity index is 1160. The molecule has 3 rings (SSSR count). The number of carbonyl (C=O) groups excluding carboxylic acids is 3. The van der Waals surface area contributed by atoms with E-state index < -0.39 is 11.9 Å². The molecule has 0 atom stereocenters. The molecule has 0 unspecified atom stereocenters. The summed E-state index contributed by atoms with van der Waals surface area (Å²) in [4.78, 5) is 36.1. The molecule has 168 valence electrons. The summed E-state index contributed by atoms with van der Waals surface area (Å²) in [6.45, 7) is -0.236. The first-order valence-electron chi connectivity index (χ1n) is 9.76. The van der Waals surface area contributed by atoms with E-state index in [9.17, 15) is 14.4 Å². The summed E-state index contributed by atoms with van der Waals surface area (Å²) in [5, 5.41) is 6.80. The number of rotatable bonds is 8. The molecular weight excluding hydrogens is 446 g/mol. The van der Waals surface area contributed by atoms with Crippen LogP contribution in [0, 0.1) is 0 Å². The minimum atomic E-state index is -0.525. The van der Waals surface area contributed by atoms with Gasteiger partial charge in [-0.15, -0.1) is 0 Å². The normalized spacial score (nSPS) is 10.5. The van der Waals surface area contributed by atoms with Gasteiger partial charge < -0.3 is 14.8 Å². The number of methoxy groups -OCH3 is 1. The smallest absolute Gasteiger partial charge is 0.343 e. The maximum atomic E-state index is 12.1. The van der Waals surface area contributed by atoms with Crippen LogP contribution >= 0.6 is 11.6 Å². The summed E-state index contributed by atoms with van der Waals surface area (Å²) >= 11 is 5.88. The van der Waals surface area contributed by atoms with E-state index in [1.165, 1.54) is 19.4 Å². The second-order valence-electron chi connectivity index (χ2n) is 6.67. The van der Waals surface area contributed by atoms with E-state index in [0.717, 1.165) is 0 Å². The fraction of sp³-hybridized carbons (Fsp3) is 0.0833. The lowest BCUT2D eigenvalue weighted by atomic mass is 10.2. The van der Waals surface area contributed by atoms with Gasteiger partial charge >= 0.3 is 5.97 Å². The van der Waals surface area contributed by atoms with E-state index in [4.69, 9.17) is 21.1 Å². The van der Waals surface area contributed by atoms with Gasteiger partial charge in [0, 0.05) is 10.6 Å². The summed E-state index contributed by atoms with van der Waals surface area (Å²) in [5.41, 5.74) is 3.74. The number of esters is 1. The topological polar surface area (TPSA) is 106 Å². The van der Waals surface area contributed by atoms with Gasteiger partial charge in [-0.2, -0.15) is 5.10 Å². The van der Waals surface area contributed by atoms with Gasteiger partial charge in [0.15, 0.2) is 0 Å². The largest absolute Gasteiger partial charge is 0.497 e. The number of benzene rings is 3. The molecule has 8 nitrogen and oxygen atoms in total. The fourth-order valence-electron chi connectivity index (χ4n) is 2.63. The summed E-state index contributed by atoms with van der Waals surface area (Å²) in [5.74, 6) is -0.420. The fourth-order valence-corrected chi connectivity index (χ4v) is 2.82. The highest BCUT2D eigenvalue weighted by molar-refractivity contribution is 6.30. The Labute approximate surface area is 195 Å². The van der Waals surface area contributed by atoms with Gasteiger partial charge in [0.1, 0.15) is 11.5 Å². The van der Waals surface area contributed by atoms with Crippen molar-refractivity contribution < 1.29 is 23.9 Å². The van der Waals surface area contributed by atoms with Gasteiger partial charge in [-0.3, -0.25) is 9.59 Å². The average molecular weight is 466 g/mol. The second-order valence-corrected chi connectivity index (χ2v) is 7.11. The number of halogens is 1. The lowest BCUT2D eigenvalue weighted by Gasteiger charge is -2.06. The summed E-state index contributed by atoms with van der Waals surface area (Å²) in [6, 6.07) is 19.5. The minimum Gasteiger partial charge on any atom is -0.497 e. The highest BCUT2D eigenvalue weighted by Gasteiger charge is 2.09. The average Bonchev–Trinajstić information content (AvgIpc) is 2.83. The first-order chi connectivity index (χ1) is 15.9. The van der Waals surface area contributed by atoms with Crippen LogP contribution in [0.25, 0.3) is 0 Å². The van der Waals surface area contributed by atoms with Crippen LogP contribution in [0.3, 0.4) is 0 Å². The van der Waals surface area contributed by atoms with Gasteiger partial charge in [0.2, 0.25) is 0 Å². The van der Waals surface area contributed by atoms with Crippen molar-refractivity contribution in [2.24, 2.45) is 5.10 Å². The summed E-state index contributed by atoms with van der Waals surface area (Å²) in [6.07, 6.45) is 1.42. The number of hydrazone groups is 1.